The smallest absolute Gasteiger partial charge is 0.341 e. The second-order valence-electron chi connectivity index (χ2n) is 5.77. The van der Waals surface area contributed by atoms with E-state index >= 15 is 0 Å². The highest BCUT2D eigenvalue weighted by Crippen LogP contribution is 2.20. The van der Waals surface area contributed by atoms with Gasteiger partial charge >= 0.3 is 5.97 Å². The first-order chi connectivity index (χ1) is 12.6. The zero-order valence-corrected chi connectivity index (χ0v) is 18.4. The lowest BCUT2D eigenvalue weighted by atomic mass is 10.1. The maximum atomic E-state index is 11.9. The average molecular weight is 483 g/mol. The summed E-state index contributed by atoms with van der Waals surface area (Å²) in [6.45, 7) is 1.27. The molecule has 0 saturated heterocycles. The van der Waals surface area contributed by atoms with Crippen LogP contribution in [0.3, 0.4) is 0 Å². The van der Waals surface area contributed by atoms with Gasteiger partial charge in [-0.15, -0.1) is 24.0 Å². The van der Waals surface area contributed by atoms with Crippen LogP contribution in [0, 0.1) is 0 Å². The van der Waals surface area contributed by atoms with Crippen LogP contribution < -0.4 is 10.1 Å². The molecule has 0 aliphatic heterocycles. The summed E-state index contributed by atoms with van der Waals surface area (Å²) in [5.41, 5.74) is 2.54. The Balaban J connectivity index is 0.00000364. The second kappa shape index (κ2) is 11.4. The fraction of sp³-hybridized carbons (Fsp3) is 0.300. The van der Waals surface area contributed by atoms with Crippen LogP contribution in [-0.4, -0.2) is 45.1 Å². The standard InChI is InChI=1S/C20H25N3O3.HI/c1-21-20(23(2)14-15-8-6-5-7-9-15)22-13-16-10-11-18(25-3)17(12-16)19(24)26-4;/h5-12H,13-14H2,1-4H3,(H,21,22);1H. The van der Waals surface area contributed by atoms with Crippen LogP contribution in [0.5, 0.6) is 5.75 Å². The second-order valence-corrected chi connectivity index (χ2v) is 5.77. The fourth-order valence-electron chi connectivity index (χ4n) is 2.63. The van der Waals surface area contributed by atoms with Gasteiger partial charge in [0.15, 0.2) is 5.96 Å². The molecule has 0 bridgehead atoms. The Hall–Kier alpha value is -2.29. The molecule has 2 aromatic rings. The summed E-state index contributed by atoms with van der Waals surface area (Å²) < 4.78 is 10.0. The molecule has 27 heavy (non-hydrogen) atoms. The summed E-state index contributed by atoms with van der Waals surface area (Å²) in [4.78, 5) is 18.3. The first kappa shape index (κ1) is 22.8. The Kier molecular flexibility index (Phi) is 9.63. The molecule has 2 aromatic carbocycles. The van der Waals surface area contributed by atoms with Crippen LogP contribution in [0.15, 0.2) is 53.5 Å². The lowest BCUT2D eigenvalue weighted by Crippen LogP contribution is -2.38. The number of aliphatic imine (C=N–C) groups is 1. The quantitative estimate of drug-likeness (QED) is 0.296. The summed E-state index contributed by atoms with van der Waals surface area (Å²) in [6, 6.07) is 15.6. The lowest BCUT2D eigenvalue weighted by molar-refractivity contribution is 0.0597. The highest BCUT2D eigenvalue weighted by atomic mass is 127. The summed E-state index contributed by atoms with van der Waals surface area (Å²) in [6.07, 6.45) is 0. The maximum absolute atomic E-state index is 11.9. The molecule has 0 spiro atoms. The van der Waals surface area contributed by atoms with E-state index in [1.165, 1.54) is 19.8 Å². The van der Waals surface area contributed by atoms with Crippen molar-refractivity contribution in [1.82, 2.24) is 10.2 Å². The Morgan fingerprint density at radius 2 is 1.81 bits per heavy atom. The summed E-state index contributed by atoms with van der Waals surface area (Å²) in [7, 11) is 6.61. The van der Waals surface area contributed by atoms with E-state index < -0.39 is 5.97 Å². The average Bonchev–Trinajstić information content (AvgIpc) is 2.68. The number of hydrogen-bond acceptors (Lipinski definition) is 4. The van der Waals surface area contributed by atoms with E-state index in [0.717, 1.165) is 18.1 Å². The summed E-state index contributed by atoms with van der Waals surface area (Å²) >= 11 is 0. The van der Waals surface area contributed by atoms with Crippen LogP contribution in [0.4, 0.5) is 0 Å². The van der Waals surface area contributed by atoms with Gasteiger partial charge in [0.25, 0.3) is 0 Å². The Morgan fingerprint density at radius 1 is 1.11 bits per heavy atom. The number of methoxy groups -OCH3 is 2. The molecule has 0 aliphatic rings. The van der Waals surface area contributed by atoms with Gasteiger partial charge in [-0.2, -0.15) is 0 Å². The van der Waals surface area contributed by atoms with E-state index in [1.54, 1.807) is 19.2 Å². The molecule has 0 saturated carbocycles. The van der Waals surface area contributed by atoms with Crippen LogP contribution in [-0.2, 0) is 17.8 Å². The SMILES string of the molecule is CN=C(NCc1ccc(OC)c(C(=O)OC)c1)N(C)Cc1ccccc1.I. The Bertz CT molecular complexity index is 766. The number of rotatable bonds is 6. The largest absolute Gasteiger partial charge is 0.496 e. The number of hydrogen-bond donors (Lipinski definition) is 1. The normalized spacial score (nSPS) is 10.6. The highest BCUT2D eigenvalue weighted by Gasteiger charge is 2.14. The van der Waals surface area contributed by atoms with Crippen molar-refractivity contribution in [2.75, 3.05) is 28.3 Å². The van der Waals surface area contributed by atoms with Crippen molar-refractivity contribution in [3.8, 4) is 5.75 Å². The summed E-state index contributed by atoms with van der Waals surface area (Å²) in [5, 5.41) is 3.31. The van der Waals surface area contributed by atoms with E-state index in [4.69, 9.17) is 9.47 Å². The predicted octanol–water partition coefficient (Wildman–Crippen LogP) is 3.31. The molecule has 0 fully saturated rings. The number of nitrogens with one attached hydrogen (secondary N) is 1. The van der Waals surface area contributed by atoms with Crippen LogP contribution in [0.25, 0.3) is 0 Å². The first-order valence-electron chi connectivity index (χ1n) is 8.30. The van der Waals surface area contributed by atoms with Gasteiger partial charge in [0.2, 0.25) is 0 Å². The molecule has 0 radical (unpaired) electrons. The molecule has 1 N–H and O–H groups in total. The third kappa shape index (κ3) is 6.42. The van der Waals surface area contributed by atoms with Gasteiger partial charge in [0.05, 0.1) is 14.2 Å². The monoisotopic (exact) mass is 483 g/mol. The van der Waals surface area contributed by atoms with Gasteiger partial charge in [0, 0.05) is 27.2 Å². The molecule has 2 rings (SSSR count). The molecular weight excluding hydrogens is 457 g/mol. The maximum Gasteiger partial charge on any atom is 0.341 e. The molecule has 0 aliphatic carbocycles. The van der Waals surface area contributed by atoms with E-state index in [2.05, 4.69) is 22.4 Å². The molecule has 6 nitrogen and oxygen atoms in total. The highest BCUT2D eigenvalue weighted by molar-refractivity contribution is 14.0. The lowest BCUT2D eigenvalue weighted by Gasteiger charge is -2.22. The number of esters is 1. The van der Waals surface area contributed by atoms with Crippen LogP contribution in [0.1, 0.15) is 21.5 Å². The molecule has 0 aromatic heterocycles. The van der Waals surface area contributed by atoms with Crippen molar-refractivity contribution >= 4 is 35.9 Å². The molecule has 146 valence electrons. The van der Waals surface area contributed by atoms with Gasteiger partial charge in [-0.25, -0.2) is 4.79 Å². The Morgan fingerprint density at radius 3 is 2.41 bits per heavy atom. The van der Waals surface area contributed by atoms with Crippen molar-refractivity contribution in [1.29, 1.82) is 0 Å². The van der Waals surface area contributed by atoms with Gasteiger partial charge in [-0.05, 0) is 23.3 Å². The minimum atomic E-state index is -0.422. The minimum absolute atomic E-state index is 0. The van der Waals surface area contributed by atoms with Crippen molar-refractivity contribution in [2.24, 2.45) is 4.99 Å². The molecule has 0 atom stereocenters. The van der Waals surface area contributed by atoms with Crippen molar-refractivity contribution in [3.05, 3.63) is 65.2 Å². The zero-order chi connectivity index (χ0) is 18.9. The molecule has 0 amide bonds. The zero-order valence-electron chi connectivity index (χ0n) is 16.1. The minimum Gasteiger partial charge on any atom is -0.496 e. The van der Waals surface area contributed by atoms with E-state index in [-0.39, 0.29) is 24.0 Å². The third-order valence-electron chi connectivity index (χ3n) is 3.96. The number of halogens is 1. The van der Waals surface area contributed by atoms with E-state index in [0.29, 0.717) is 17.9 Å². The Labute approximate surface area is 177 Å². The van der Waals surface area contributed by atoms with Gasteiger partial charge in [-0.3, -0.25) is 4.99 Å². The van der Waals surface area contributed by atoms with Gasteiger partial charge in [0.1, 0.15) is 11.3 Å². The number of benzene rings is 2. The van der Waals surface area contributed by atoms with Crippen molar-refractivity contribution < 1.29 is 14.3 Å². The molecule has 0 unspecified atom stereocenters. The topological polar surface area (TPSA) is 63.2 Å². The summed E-state index contributed by atoms with van der Waals surface area (Å²) in [5.74, 6) is 0.838. The predicted molar refractivity (Wildman–Crippen MR) is 118 cm³/mol. The van der Waals surface area contributed by atoms with E-state index in [9.17, 15) is 4.79 Å². The van der Waals surface area contributed by atoms with Gasteiger partial charge in [-0.1, -0.05) is 36.4 Å². The van der Waals surface area contributed by atoms with E-state index in [1.807, 2.05) is 36.2 Å². The van der Waals surface area contributed by atoms with Crippen LogP contribution in [0.2, 0.25) is 0 Å². The number of guanidine groups is 1. The van der Waals surface area contributed by atoms with Crippen LogP contribution >= 0.6 is 24.0 Å². The third-order valence-corrected chi connectivity index (χ3v) is 3.96. The van der Waals surface area contributed by atoms with Crippen molar-refractivity contribution in [2.45, 2.75) is 13.1 Å². The molecule has 0 heterocycles. The van der Waals surface area contributed by atoms with Gasteiger partial charge < -0.3 is 19.7 Å². The number of ether oxygens (including phenoxy) is 2. The molecule has 7 heteroatoms. The first-order valence-corrected chi connectivity index (χ1v) is 8.30. The fourth-order valence-corrected chi connectivity index (χ4v) is 2.63. The number of carbonyl (C=O) groups excluding carboxylic acids is 1. The number of nitrogens with zero attached hydrogens (tertiary/aromatic N) is 2. The molecular formula is C20H26IN3O3. The number of carbonyl (C=O) groups is 1. The van der Waals surface area contributed by atoms with Crippen molar-refractivity contribution in [3.63, 3.8) is 0 Å².